The maximum atomic E-state index is 13.7. The second-order valence-electron chi connectivity index (χ2n) is 15.0. The molecule has 0 saturated heterocycles. The van der Waals surface area contributed by atoms with E-state index < -0.39 is 11.6 Å². The Morgan fingerprint density at radius 2 is 1.44 bits per heavy atom. The number of rotatable bonds is 9. The summed E-state index contributed by atoms with van der Waals surface area (Å²) in [4.78, 5) is 11.7. The van der Waals surface area contributed by atoms with Gasteiger partial charge in [-0.2, -0.15) is 31.4 Å². The van der Waals surface area contributed by atoms with Gasteiger partial charge in [0, 0.05) is 43.5 Å². The van der Waals surface area contributed by atoms with Crippen LogP contribution in [0.2, 0.25) is 0 Å². The van der Waals surface area contributed by atoms with E-state index in [0.717, 1.165) is 91.1 Å². The molecule has 3 aromatic heterocycles. The average molecular weight is 907 g/mol. The molecule has 0 atom stereocenters. The number of fused-ring (bicyclic) bond motifs is 9. The number of halogens is 3. The zero-order chi connectivity index (χ0) is 37.8. The van der Waals surface area contributed by atoms with Gasteiger partial charge in [-0.15, -0.1) is 40.4 Å². The van der Waals surface area contributed by atoms with Crippen LogP contribution >= 0.6 is 0 Å². The number of ketones is 1. The SMILES string of the molecule is CC(C)(Cc1ccc2c3cc[c-]c4c3n(c2c1)c1cccc2c3cc5ccccc5[c-]c3n4c21)C(F)(F)F.CCC(CC)C(=O)/C=C(\O)C(CC)CC.[Ir]. The van der Waals surface area contributed by atoms with Crippen molar-refractivity contribution in [3.05, 3.63) is 108 Å². The Morgan fingerprint density at radius 3 is 2.13 bits per heavy atom. The normalized spacial score (nSPS) is 13.0. The zero-order valence-electron chi connectivity index (χ0n) is 31.5. The first kappa shape index (κ1) is 39.3. The van der Waals surface area contributed by atoms with Gasteiger partial charge in [-0.1, -0.05) is 83.3 Å². The number of allylic oxidation sites excluding steroid dienone is 2. The molecular formula is C46H45F3IrN2O2-2. The molecule has 3 heterocycles. The molecule has 8 heteroatoms. The van der Waals surface area contributed by atoms with Crippen molar-refractivity contribution in [2.24, 2.45) is 17.3 Å². The standard InChI is InChI=1S/C33H21F3N2.C13H24O2.Ir/c1-32(2,33(34,35)36)18-19-13-14-22-23-9-5-11-26-30(23)37(28(22)15-19)27-12-6-10-24-25-16-20-7-3-4-8-21(20)17-29(25)38(26)31(24)27;1-5-10(6-2)12(14)9-13(15)11(7-3)8-4;/h3-10,12-16H,18H2,1-2H3;9-11,14H,5-8H2,1-4H3;/q-2;;/b;12-9-;. The van der Waals surface area contributed by atoms with Crippen LogP contribution in [-0.4, -0.2) is 25.9 Å². The minimum Gasteiger partial charge on any atom is -0.512 e. The average Bonchev–Trinajstić information content (AvgIpc) is 3.63. The van der Waals surface area contributed by atoms with Gasteiger partial charge in [-0.25, -0.2) is 0 Å². The van der Waals surface area contributed by atoms with Gasteiger partial charge in [-0.05, 0) is 77.1 Å². The van der Waals surface area contributed by atoms with Gasteiger partial charge in [0.25, 0.3) is 0 Å². The summed E-state index contributed by atoms with van der Waals surface area (Å²) in [5, 5.41) is 16.3. The predicted molar refractivity (Wildman–Crippen MR) is 212 cm³/mol. The van der Waals surface area contributed by atoms with E-state index in [1.807, 2.05) is 70.2 Å². The molecule has 4 nitrogen and oxygen atoms in total. The van der Waals surface area contributed by atoms with E-state index >= 15 is 0 Å². The zero-order valence-corrected chi connectivity index (χ0v) is 33.9. The van der Waals surface area contributed by atoms with Crippen molar-refractivity contribution in [3.63, 3.8) is 0 Å². The first-order valence-electron chi connectivity index (χ1n) is 18.7. The fraction of sp³-hybridized carbons (Fsp3) is 0.326. The molecule has 283 valence electrons. The van der Waals surface area contributed by atoms with Crippen molar-refractivity contribution >= 4 is 71.2 Å². The molecule has 0 saturated carbocycles. The van der Waals surface area contributed by atoms with Crippen molar-refractivity contribution in [2.75, 3.05) is 0 Å². The molecule has 0 unspecified atom stereocenters. The molecule has 8 rings (SSSR count). The van der Waals surface area contributed by atoms with E-state index in [0.29, 0.717) is 5.56 Å². The first-order chi connectivity index (χ1) is 25.3. The van der Waals surface area contributed by atoms with Crippen LogP contribution in [0, 0.1) is 29.4 Å². The fourth-order valence-corrected chi connectivity index (χ4v) is 7.99. The molecule has 0 fully saturated rings. The van der Waals surface area contributed by atoms with Crippen LogP contribution < -0.4 is 0 Å². The van der Waals surface area contributed by atoms with E-state index in [9.17, 15) is 23.1 Å². The van der Waals surface area contributed by atoms with Crippen LogP contribution in [0.3, 0.4) is 0 Å². The Balaban J connectivity index is 0.000000267. The summed E-state index contributed by atoms with van der Waals surface area (Å²) >= 11 is 0. The summed E-state index contributed by atoms with van der Waals surface area (Å²) in [6, 6.07) is 33.6. The molecule has 0 spiro atoms. The summed E-state index contributed by atoms with van der Waals surface area (Å²) < 4.78 is 45.6. The van der Waals surface area contributed by atoms with Gasteiger partial charge in [0.2, 0.25) is 0 Å². The van der Waals surface area contributed by atoms with Crippen molar-refractivity contribution in [1.82, 2.24) is 8.80 Å². The third-order valence-corrected chi connectivity index (χ3v) is 11.2. The smallest absolute Gasteiger partial charge is 0.394 e. The molecule has 0 aliphatic rings. The monoisotopic (exact) mass is 907 g/mol. The quantitative estimate of drug-likeness (QED) is 0.0679. The maximum Gasteiger partial charge on any atom is 0.394 e. The summed E-state index contributed by atoms with van der Waals surface area (Å²) in [6.45, 7) is 10.6. The molecule has 1 N–H and O–H groups in total. The van der Waals surface area contributed by atoms with Gasteiger partial charge in [0.15, 0.2) is 5.78 Å². The number of alkyl halides is 3. The number of benzene rings is 5. The summed E-state index contributed by atoms with van der Waals surface area (Å²) in [6.07, 6.45) is 0.539. The fourth-order valence-electron chi connectivity index (χ4n) is 7.99. The van der Waals surface area contributed by atoms with Gasteiger partial charge >= 0.3 is 6.18 Å². The molecule has 5 aromatic carbocycles. The number of aliphatic hydroxyl groups excluding tert-OH is 1. The number of nitrogens with zero attached hydrogens (tertiary/aromatic N) is 2. The van der Waals surface area contributed by atoms with Crippen LogP contribution in [0.4, 0.5) is 13.2 Å². The molecule has 54 heavy (non-hydrogen) atoms. The van der Waals surface area contributed by atoms with Crippen LogP contribution in [0.15, 0.2) is 90.7 Å². The van der Waals surface area contributed by atoms with E-state index in [1.54, 1.807) is 0 Å². The summed E-state index contributed by atoms with van der Waals surface area (Å²) in [5.41, 5.74) is 4.77. The Bertz CT molecular complexity index is 2660. The summed E-state index contributed by atoms with van der Waals surface area (Å²) in [5.74, 6) is 0.547. The van der Waals surface area contributed by atoms with Gasteiger partial charge in [0.1, 0.15) is 0 Å². The number of hydrogen-bond acceptors (Lipinski definition) is 2. The molecule has 0 aliphatic heterocycles. The Hall–Kier alpha value is -4.39. The van der Waals surface area contributed by atoms with Gasteiger partial charge in [0.05, 0.1) is 22.2 Å². The van der Waals surface area contributed by atoms with E-state index in [1.165, 1.54) is 19.9 Å². The van der Waals surface area contributed by atoms with Crippen molar-refractivity contribution in [2.45, 2.75) is 79.8 Å². The number of carbonyl (C=O) groups excluding carboxylic acids is 1. The second kappa shape index (κ2) is 15.0. The molecular weight excluding hydrogens is 862 g/mol. The number of aromatic nitrogens is 2. The van der Waals surface area contributed by atoms with Crippen molar-refractivity contribution < 1.29 is 43.2 Å². The van der Waals surface area contributed by atoms with E-state index in [-0.39, 0.29) is 49.9 Å². The maximum absolute atomic E-state index is 13.7. The van der Waals surface area contributed by atoms with E-state index in [2.05, 4.69) is 57.3 Å². The number of carbonyl (C=O) groups is 1. The summed E-state index contributed by atoms with van der Waals surface area (Å²) in [7, 11) is 0. The number of aliphatic hydroxyl groups is 1. The molecule has 0 bridgehead atoms. The first-order valence-corrected chi connectivity index (χ1v) is 18.7. The molecule has 0 amide bonds. The van der Waals surface area contributed by atoms with Crippen LogP contribution in [-0.2, 0) is 31.3 Å². The van der Waals surface area contributed by atoms with Gasteiger partial charge < -0.3 is 13.9 Å². The molecule has 8 aromatic rings. The third kappa shape index (κ3) is 6.56. The van der Waals surface area contributed by atoms with Gasteiger partial charge in [-0.3, -0.25) is 4.79 Å². The number of hydrogen-bond donors (Lipinski definition) is 1. The van der Waals surface area contributed by atoms with Crippen molar-refractivity contribution in [3.8, 4) is 0 Å². The predicted octanol–water partition coefficient (Wildman–Crippen LogP) is 13.0. The van der Waals surface area contributed by atoms with Crippen LogP contribution in [0.25, 0.3) is 65.4 Å². The third-order valence-electron chi connectivity index (χ3n) is 11.2. The minimum atomic E-state index is -4.28. The second-order valence-corrected chi connectivity index (χ2v) is 15.0. The van der Waals surface area contributed by atoms with Crippen LogP contribution in [0.1, 0.15) is 72.8 Å². The van der Waals surface area contributed by atoms with Crippen LogP contribution in [0.5, 0.6) is 0 Å². The van der Waals surface area contributed by atoms with Crippen molar-refractivity contribution in [1.29, 1.82) is 0 Å². The number of para-hydroxylation sites is 1. The molecule has 0 aliphatic carbocycles. The molecule has 1 radical (unpaired) electrons. The topological polar surface area (TPSA) is 46.1 Å². The Labute approximate surface area is 327 Å². The largest absolute Gasteiger partial charge is 0.512 e. The Morgan fingerprint density at radius 1 is 0.759 bits per heavy atom. The van der Waals surface area contributed by atoms with E-state index in [4.69, 9.17) is 0 Å². The Kier molecular flexibility index (Phi) is 10.9. The minimum absolute atomic E-state index is 0.